The largest absolute Gasteiger partial charge is 0.495 e. The Kier molecular flexibility index (Phi) is 3.27. The first-order valence-electron chi connectivity index (χ1n) is 6.28. The van der Waals surface area contributed by atoms with Crippen molar-refractivity contribution in [2.24, 2.45) is 0 Å². The van der Waals surface area contributed by atoms with Crippen LogP contribution in [0.1, 0.15) is 46.0 Å². The fourth-order valence-corrected chi connectivity index (χ4v) is 2.54. The van der Waals surface area contributed by atoms with Crippen LogP contribution in [-0.4, -0.2) is 29.5 Å². The molecule has 1 N–H and O–H groups in total. The Hall–Kier alpha value is -0.540. The second kappa shape index (κ2) is 4.38. The lowest BCUT2D eigenvalue weighted by Crippen LogP contribution is -2.49. The molecule has 0 spiro atoms. The fraction of sp³-hybridized carbons (Fsp3) is 0.846. The Balaban J connectivity index is 2.14. The molecule has 0 saturated carbocycles. The molecule has 0 aliphatic carbocycles. The van der Waals surface area contributed by atoms with Gasteiger partial charge in [-0.15, -0.1) is 0 Å². The second-order valence-electron chi connectivity index (χ2n) is 5.17. The minimum Gasteiger partial charge on any atom is -0.495 e. The fourth-order valence-electron chi connectivity index (χ4n) is 2.54. The first kappa shape index (κ1) is 11.9. The van der Waals surface area contributed by atoms with Crippen LogP contribution in [0, 0.1) is 0 Å². The Morgan fingerprint density at radius 1 is 1.44 bits per heavy atom. The van der Waals surface area contributed by atoms with Gasteiger partial charge in [0.15, 0.2) is 0 Å². The van der Waals surface area contributed by atoms with E-state index in [9.17, 15) is 5.11 Å². The van der Waals surface area contributed by atoms with E-state index in [0.717, 1.165) is 31.6 Å². The van der Waals surface area contributed by atoms with E-state index in [-0.39, 0.29) is 5.60 Å². The van der Waals surface area contributed by atoms with Crippen molar-refractivity contribution in [3.05, 3.63) is 11.8 Å². The summed E-state index contributed by atoms with van der Waals surface area (Å²) in [4.78, 5) is 0. The maximum atomic E-state index is 10.7. The van der Waals surface area contributed by atoms with Crippen LogP contribution in [0.3, 0.4) is 0 Å². The lowest BCUT2D eigenvalue weighted by molar-refractivity contribution is -0.154. The molecule has 2 atom stereocenters. The van der Waals surface area contributed by atoms with Crippen LogP contribution in [0.4, 0.5) is 0 Å². The Bertz CT molecular complexity index is 287. The van der Waals surface area contributed by atoms with Crippen LogP contribution in [0.5, 0.6) is 0 Å². The number of rotatable bonds is 2. The third-order valence-electron chi connectivity index (χ3n) is 3.77. The third kappa shape index (κ3) is 2.25. The molecule has 2 unspecified atom stereocenters. The van der Waals surface area contributed by atoms with Crippen LogP contribution in [0.15, 0.2) is 11.8 Å². The van der Waals surface area contributed by atoms with Gasteiger partial charge in [0.1, 0.15) is 11.4 Å². The first-order valence-corrected chi connectivity index (χ1v) is 6.28. The summed E-state index contributed by atoms with van der Waals surface area (Å²) in [6, 6.07) is 0. The molecule has 3 heteroatoms. The van der Waals surface area contributed by atoms with E-state index in [1.807, 2.05) is 6.08 Å². The second-order valence-corrected chi connectivity index (χ2v) is 5.17. The van der Waals surface area contributed by atoms with Gasteiger partial charge < -0.3 is 14.6 Å². The maximum absolute atomic E-state index is 10.7. The first-order chi connectivity index (χ1) is 7.58. The molecule has 2 heterocycles. The molecule has 2 rings (SSSR count). The van der Waals surface area contributed by atoms with E-state index >= 15 is 0 Å². The van der Waals surface area contributed by atoms with Crippen molar-refractivity contribution in [3.63, 3.8) is 0 Å². The highest BCUT2D eigenvalue weighted by Crippen LogP contribution is 2.40. The zero-order valence-electron chi connectivity index (χ0n) is 10.3. The van der Waals surface area contributed by atoms with Crippen LogP contribution >= 0.6 is 0 Å². The van der Waals surface area contributed by atoms with Gasteiger partial charge in [-0.05, 0) is 32.3 Å². The molecular formula is C13H22O3. The summed E-state index contributed by atoms with van der Waals surface area (Å²) in [5.41, 5.74) is -1.02. The molecule has 2 aliphatic rings. The molecule has 3 nitrogen and oxygen atoms in total. The quantitative estimate of drug-likeness (QED) is 0.785. The highest BCUT2D eigenvalue weighted by molar-refractivity contribution is 5.15. The molecule has 0 aromatic rings. The smallest absolute Gasteiger partial charge is 0.126 e. The molecular weight excluding hydrogens is 204 g/mol. The summed E-state index contributed by atoms with van der Waals surface area (Å²) in [6.45, 7) is 5.52. The van der Waals surface area contributed by atoms with Gasteiger partial charge in [-0.3, -0.25) is 0 Å². The van der Waals surface area contributed by atoms with Gasteiger partial charge in [-0.25, -0.2) is 0 Å². The molecule has 0 bridgehead atoms. The van der Waals surface area contributed by atoms with Crippen LogP contribution in [-0.2, 0) is 9.47 Å². The van der Waals surface area contributed by atoms with E-state index in [1.165, 1.54) is 0 Å². The van der Waals surface area contributed by atoms with Crippen molar-refractivity contribution in [2.75, 3.05) is 13.2 Å². The predicted molar refractivity (Wildman–Crippen MR) is 62.1 cm³/mol. The maximum Gasteiger partial charge on any atom is 0.126 e. The van der Waals surface area contributed by atoms with Gasteiger partial charge in [0.2, 0.25) is 0 Å². The lowest BCUT2D eigenvalue weighted by Gasteiger charge is -2.44. The van der Waals surface area contributed by atoms with E-state index < -0.39 is 5.60 Å². The van der Waals surface area contributed by atoms with Crippen molar-refractivity contribution < 1.29 is 14.6 Å². The van der Waals surface area contributed by atoms with Crippen LogP contribution in [0.25, 0.3) is 0 Å². The highest BCUT2D eigenvalue weighted by atomic mass is 16.5. The molecule has 2 aliphatic heterocycles. The molecule has 0 amide bonds. The summed E-state index contributed by atoms with van der Waals surface area (Å²) in [6.07, 6.45) is 6.33. The predicted octanol–water partition coefficient (Wildman–Crippen LogP) is 2.39. The van der Waals surface area contributed by atoms with Crippen molar-refractivity contribution in [1.29, 1.82) is 0 Å². The van der Waals surface area contributed by atoms with E-state index in [0.29, 0.717) is 19.4 Å². The summed E-state index contributed by atoms with van der Waals surface area (Å²) < 4.78 is 11.4. The van der Waals surface area contributed by atoms with Crippen molar-refractivity contribution in [3.8, 4) is 0 Å². The molecule has 16 heavy (non-hydrogen) atoms. The number of allylic oxidation sites excluding steroid dienone is 1. The molecule has 92 valence electrons. The van der Waals surface area contributed by atoms with Crippen molar-refractivity contribution >= 4 is 0 Å². The minimum atomic E-state index is -0.802. The Morgan fingerprint density at radius 3 is 2.88 bits per heavy atom. The van der Waals surface area contributed by atoms with E-state index in [4.69, 9.17) is 9.47 Å². The van der Waals surface area contributed by atoms with Gasteiger partial charge >= 0.3 is 0 Å². The van der Waals surface area contributed by atoms with Crippen molar-refractivity contribution in [2.45, 2.75) is 57.2 Å². The topological polar surface area (TPSA) is 38.7 Å². The number of aliphatic hydroxyl groups is 1. The number of ether oxygens (including phenoxy) is 2. The molecule has 0 radical (unpaired) electrons. The number of hydrogen-bond acceptors (Lipinski definition) is 3. The van der Waals surface area contributed by atoms with E-state index in [2.05, 4.69) is 13.8 Å². The van der Waals surface area contributed by atoms with Gasteiger partial charge in [-0.2, -0.15) is 0 Å². The molecule has 0 aromatic heterocycles. The Morgan fingerprint density at radius 2 is 2.25 bits per heavy atom. The molecule has 1 saturated heterocycles. The third-order valence-corrected chi connectivity index (χ3v) is 3.77. The standard InChI is InChI=1S/C13H22O3/c1-3-12(2)10-13(14,7-9-16-12)11-6-4-5-8-15-11/h6,14H,3-5,7-10H2,1-2H3. The van der Waals surface area contributed by atoms with E-state index in [1.54, 1.807) is 0 Å². The van der Waals surface area contributed by atoms with Gasteiger partial charge in [-0.1, -0.05) is 6.92 Å². The van der Waals surface area contributed by atoms with Crippen LogP contribution < -0.4 is 0 Å². The van der Waals surface area contributed by atoms with Gasteiger partial charge in [0, 0.05) is 12.8 Å². The summed E-state index contributed by atoms with van der Waals surface area (Å²) in [5.74, 6) is 0.779. The monoisotopic (exact) mass is 226 g/mol. The summed E-state index contributed by atoms with van der Waals surface area (Å²) in [7, 11) is 0. The lowest BCUT2D eigenvalue weighted by atomic mass is 9.80. The van der Waals surface area contributed by atoms with Gasteiger partial charge in [0.25, 0.3) is 0 Å². The average molecular weight is 226 g/mol. The number of hydrogen-bond donors (Lipinski definition) is 1. The molecule has 1 fully saturated rings. The zero-order valence-corrected chi connectivity index (χ0v) is 10.3. The van der Waals surface area contributed by atoms with Crippen molar-refractivity contribution in [1.82, 2.24) is 0 Å². The highest BCUT2D eigenvalue weighted by Gasteiger charge is 2.44. The Labute approximate surface area is 97.4 Å². The van der Waals surface area contributed by atoms with Gasteiger partial charge in [0.05, 0.1) is 18.8 Å². The minimum absolute atomic E-state index is 0.214. The summed E-state index contributed by atoms with van der Waals surface area (Å²) in [5, 5.41) is 10.7. The molecule has 0 aromatic carbocycles. The average Bonchev–Trinajstić information content (AvgIpc) is 2.30. The normalized spacial score (nSPS) is 40.1. The van der Waals surface area contributed by atoms with Crippen LogP contribution in [0.2, 0.25) is 0 Å². The summed E-state index contributed by atoms with van der Waals surface area (Å²) >= 11 is 0. The SMILES string of the molecule is CCC1(C)CC(O)(C2=CCCCO2)CCO1. The zero-order chi connectivity index (χ0) is 11.6.